The Morgan fingerprint density at radius 1 is 0.850 bits per heavy atom. The summed E-state index contributed by atoms with van der Waals surface area (Å²) in [4.78, 5) is 10.9. The zero-order valence-corrected chi connectivity index (χ0v) is 13.3. The van der Waals surface area contributed by atoms with Crippen molar-refractivity contribution in [2.45, 2.75) is 96.4 Å². The van der Waals surface area contributed by atoms with Crippen molar-refractivity contribution in [3.8, 4) is 0 Å². The highest BCUT2D eigenvalue weighted by Gasteiger charge is 2.15. The van der Waals surface area contributed by atoms with Crippen molar-refractivity contribution in [1.29, 1.82) is 0 Å². The van der Waals surface area contributed by atoms with Gasteiger partial charge in [-0.3, -0.25) is 4.79 Å². The Kier molecular flexibility index (Phi) is 10.3. The summed E-state index contributed by atoms with van der Waals surface area (Å²) in [6.07, 6.45) is 21.1. The van der Waals surface area contributed by atoms with E-state index in [1.54, 1.807) is 6.08 Å². The number of nitrogens with zero attached hydrogens (tertiary/aromatic N) is 1. The number of carbonyl (C=O) groups is 1. The second-order valence-corrected chi connectivity index (χ2v) is 6.07. The van der Waals surface area contributed by atoms with Gasteiger partial charge < -0.3 is 0 Å². The fraction of sp³-hybridized carbons (Fsp3) is 0.833. The maximum absolute atomic E-state index is 10.9. The van der Waals surface area contributed by atoms with Gasteiger partial charge in [0.05, 0.1) is 6.04 Å². The number of rotatable bonds is 13. The molecule has 2 nitrogen and oxygen atoms in total. The van der Waals surface area contributed by atoms with Crippen LogP contribution >= 0.6 is 0 Å². The van der Waals surface area contributed by atoms with E-state index in [0.29, 0.717) is 0 Å². The van der Waals surface area contributed by atoms with Crippen LogP contribution in [0.2, 0.25) is 0 Å². The van der Waals surface area contributed by atoms with Crippen molar-refractivity contribution >= 4 is 5.91 Å². The topological polar surface area (TPSA) is 31.2 Å². The van der Waals surface area contributed by atoms with Gasteiger partial charge in [0.2, 0.25) is 0 Å². The van der Waals surface area contributed by atoms with Gasteiger partial charge in [-0.2, -0.15) is 0 Å². The normalized spacial score (nSPS) is 17.6. The summed E-state index contributed by atoms with van der Waals surface area (Å²) in [6, 6.07) is 0.186. The molecule has 1 heterocycles. The molecule has 1 aliphatic heterocycles. The Labute approximate surface area is 125 Å². The Bertz CT molecular complexity index is 273. The van der Waals surface area contributed by atoms with Crippen LogP contribution < -0.4 is 5.32 Å². The van der Waals surface area contributed by atoms with Gasteiger partial charge in [0.15, 0.2) is 0 Å². The molecule has 1 atom stereocenters. The molecular weight excluding hydrogens is 246 g/mol. The molecule has 1 rings (SSSR count). The summed E-state index contributed by atoms with van der Waals surface area (Å²) >= 11 is 0. The Hall–Kier alpha value is -0.790. The van der Waals surface area contributed by atoms with E-state index in [2.05, 4.69) is 12.2 Å². The van der Waals surface area contributed by atoms with E-state index in [1.165, 1.54) is 77.0 Å². The number of carbonyl (C=O) groups excluding carboxylic acids is 1. The van der Waals surface area contributed by atoms with Crippen LogP contribution in [0.25, 0.3) is 0 Å². The first-order valence-electron chi connectivity index (χ1n) is 8.76. The third-order valence-electron chi connectivity index (χ3n) is 4.11. The fourth-order valence-electron chi connectivity index (χ4n) is 2.80. The molecule has 0 aromatic rings. The Morgan fingerprint density at radius 3 is 1.80 bits per heavy atom. The lowest BCUT2D eigenvalue weighted by Gasteiger charge is -2.06. The zero-order chi connectivity index (χ0) is 14.5. The predicted molar refractivity (Wildman–Crippen MR) is 85.8 cm³/mol. The predicted octanol–water partition coefficient (Wildman–Crippen LogP) is 5.15. The van der Waals surface area contributed by atoms with E-state index in [0.717, 1.165) is 6.42 Å². The molecule has 1 aliphatic rings. The molecule has 0 spiro atoms. The number of hydrogen-bond acceptors (Lipinski definition) is 1. The van der Waals surface area contributed by atoms with Crippen LogP contribution in [0.3, 0.4) is 0 Å². The molecule has 0 N–H and O–H groups in total. The first-order valence-corrected chi connectivity index (χ1v) is 8.76. The van der Waals surface area contributed by atoms with Gasteiger partial charge in [-0.25, -0.2) is 5.32 Å². The molecule has 0 aromatic carbocycles. The minimum absolute atomic E-state index is 0.0473. The molecule has 0 fully saturated rings. The Balaban J connectivity index is 1.72. The minimum atomic E-state index is -0.0473. The van der Waals surface area contributed by atoms with Crippen LogP contribution in [-0.2, 0) is 4.79 Å². The molecule has 0 bridgehead atoms. The molecule has 0 aliphatic carbocycles. The van der Waals surface area contributed by atoms with Gasteiger partial charge in [0, 0.05) is 6.08 Å². The van der Waals surface area contributed by atoms with E-state index in [4.69, 9.17) is 0 Å². The second-order valence-electron chi connectivity index (χ2n) is 6.07. The standard InChI is InChI=1S/C18H32NO/c1-2-3-4-5-6-7-8-9-10-11-12-13-14-17-15-16-18(20)19-17/h15-17H,2-14H2,1H3. The molecule has 2 heteroatoms. The molecule has 20 heavy (non-hydrogen) atoms. The van der Waals surface area contributed by atoms with Crippen molar-refractivity contribution in [2.24, 2.45) is 0 Å². The van der Waals surface area contributed by atoms with E-state index < -0.39 is 0 Å². The molecule has 0 saturated heterocycles. The number of amides is 1. The van der Waals surface area contributed by atoms with Crippen molar-refractivity contribution < 1.29 is 4.79 Å². The number of hydrogen-bond donors (Lipinski definition) is 0. The average Bonchev–Trinajstić information content (AvgIpc) is 2.86. The van der Waals surface area contributed by atoms with Gasteiger partial charge in [-0.15, -0.1) is 0 Å². The maximum Gasteiger partial charge on any atom is 0.265 e. The Morgan fingerprint density at radius 2 is 1.35 bits per heavy atom. The number of unbranched alkanes of at least 4 members (excludes halogenated alkanes) is 11. The molecule has 1 amide bonds. The monoisotopic (exact) mass is 278 g/mol. The van der Waals surface area contributed by atoms with Crippen molar-refractivity contribution in [1.82, 2.24) is 5.32 Å². The highest BCUT2D eigenvalue weighted by molar-refractivity contribution is 5.90. The summed E-state index contributed by atoms with van der Waals surface area (Å²) in [5.74, 6) is -0.0473. The average molecular weight is 278 g/mol. The third-order valence-corrected chi connectivity index (χ3v) is 4.11. The van der Waals surface area contributed by atoms with Crippen LogP contribution in [0.5, 0.6) is 0 Å². The zero-order valence-electron chi connectivity index (χ0n) is 13.3. The lowest BCUT2D eigenvalue weighted by Crippen LogP contribution is -2.18. The SMILES string of the molecule is CCCCCCCCCCCCCCC1C=CC(=O)[N]1. The third kappa shape index (κ3) is 9.17. The summed E-state index contributed by atoms with van der Waals surface area (Å²) in [6.45, 7) is 2.27. The second kappa shape index (κ2) is 12.0. The highest BCUT2D eigenvalue weighted by atomic mass is 16.1. The lowest BCUT2D eigenvalue weighted by atomic mass is 10.0. The van der Waals surface area contributed by atoms with E-state index in [9.17, 15) is 4.79 Å². The summed E-state index contributed by atoms with van der Waals surface area (Å²) in [5.41, 5.74) is 0. The van der Waals surface area contributed by atoms with Gasteiger partial charge in [0.1, 0.15) is 0 Å². The molecule has 1 unspecified atom stereocenters. The van der Waals surface area contributed by atoms with Crippen LogP contribution in [0.4, 0.5) is 0 Å². The quantitative estimate of drug-likeness (QED) is 0.429. The molecule has 1 radical (unpaired) electrons. The van der Waals surface area contributed by atoms with E-state index in [1.807, 2.05) is 6.08 Å². The van der Waals surface area contributed by atoms with Gasteiger partial charge in [0.25, 0.3) is 5.91 Å². The van der Waals surface area contributed by atoms with Crippen LogP contribution in [0.15, 0.2) is 12.2 Å². The van der Waals surface area contributed by atoms with Crippen molar-refractivity contribution in [3.63, 3.8) is 0 Å². The maximum atomic E-state index is 10.9. The molecule has 0 aromatic heterocycles. The summed E-state index contributed by atoms with van der Waals surface area (Å²) in [5, 5.41) is 4.03. The highest BCUT2D eigenvalue weighted by Crippen LogP contribution is 2.14. The van der Waals surface area contributed by atoms with Crippen LogP contribution in [0.1, 0.15) is 90.4 Å². The van der Waals surface area contributed by atoms with Gasteiger partial charge >= 0.3 is 0 Å². The van der Waals surface area contributed by atoms with Gasteiger partial charge in [-0.05, 0) is 6.42 Å². The van der Waals surface area contributed by atoms with E-state index >= 15 is 0 Å². The molecular formula is C18H32NO. The summed E-state index contributed by atoms with van der Waals surface area (Å²) in [7, 11) is 0. The van der Waals surface area contributed by atoms with Crippen molar-refractivity contribution in [3.05, 3.63) is 12.2 Å². The first-order chi connectivity index (χ1) is 9.83. The van der Waals surface area contributed by atoms with Gasteiger partial charge in [-0.1, -0.05) is 90.0 Å². The molecule has 0 saturated carbocycles. The van der Waals surface area contributed by atoms with Crippen LogP contribution in [0, 0.1) is 0 Å². The first kappa shape index (κ1) is 17.3. The fourth-order valence-corrected chi connectivity index (χ4v) is 2.80. The largest absolute Gasteiger partial charge is 0.268 e. The minimum Gasteiger partial charge on any atom is -0.268 e. The van der Waals surface area contributed by atoms with Crippen LogP contribution in [-0.4, -0.2) is 11.9 Å². The van der Waals surface area contributed by atoms with Crippen molar-refractivity contribution in [2.75, 3.05) is 0 Å². The summed E-state index contributed by atoms with van der Waals surface area (Å²) < 4.78 is 0. The molecule has 115 valence electrons. The van der Waals surface area contributed by atoms with E-state index in [-0.39, 0.29) is 11.9 Å². The lowest BCUT2D eigenvalue weighted by molar-refractivity contribution is -0.116. The smallest absolute Gasteiger partial charge is 0.265 e.